The maximum absolute atomic E-state index is 12.4. The first-order valence-corrected chi connectivity index (χ1v) is 9.73. The van der Waals surface area contributed by atoms with E-state index in [-0.39, 0.29) is 29.8 Å². The van der Waals surface area contributed by atoms with Crippen LogP contribution in [0.2, 0.25) is 0 Å². The summed E-state index contributed by atoms with van der Waals surface area (Å²) in [5.41, 5.74) is 0.861. The zero-order valence-corrected chi connectivity index (χ0v) is 16.2. The van der Waals surface area contributed by atoms with E-state index in [9.17, 15) is 14.7 Å². The molecule has 2 amide bonds. The van der Waals surface area contributed by atoms with E-state index < -0.39 is 6.10 Å². The van der Waals surface area contributed by atoms with Gasteiger partial charge in [0.15, 0.2) is 0 Å². The van der Waals surface area contributed by atoms with Gasteiger partial charge < -0.3 is 15.7 Å². The Morgan fingerprint density at radius 3 is 2.64 bits per heavy atom. The van der Waals surface area contributed by atoms with Crippen LogP contribution in [-0.4, -0.2) is 45.4 Å². The largest absolute Gasteiger partial charge is 0.391 e. The third-order valence-electron chi connectivity index (χ3n) is 5.58. The van der Waals surface area contributed by atoms with Crippen molar-refractivity contribution in [1.82, 2.24) is 20.4 Å². The molecule has 3 atom stereocenters. The fourth-order valence-corrected chi connectivity index (χ4v) is 4.03. The Hall–Kier alpha value is -2.67. The molecular formula is C21H28N4O3. The first kappa shape index (κ1) is 20.1. The van der Waals surface area contributed by atoms with Crippen molar-refractivity contribution < 1.29 is 14.7 Å². The van der Waals surface area contributed by atoms with Crippen molar-refractivity contribution >= 4 is 11.8 Å². The highest BCUT2D eigenvalue weighted by Gasteiger charge is 2.38. The quantitative estimate of drug-likeness (QED) is 0.656. The molecule has 0 unspecified atom stereocenters. The molecule has 1 saturated carbocycles. The van der Waals surface area contributed by atoms with Crippen molar-refractivity contribution in [2.75, 3.05) is 6.54 Å². The minimum Gasteiger partial charge on any atom is -0.391 e. The number of carbonyl (C=O) groups excluding carboxylic acids is 2. The SMILES string of the molecule is CC(=O)N[C@H]1CC[C@](CNC(=O)Cn2cccn2)(c2ccccc2)CC[C@@H]1O. The van der Waals surface area contributed by atoms with E-state index in [2.05, 4.69) is 27.9 Å². The predicted octanol–water partition coefficient (Wildman–Crippen LogP) is 1.38. The highest BCUT2D eigenvalue weighted by Crippen LogP contribution is 2.38. The van der Waals surface area contributed by atoms with Gasteiger partial charge in [-0.05, 0) is 37.3 Å². The fraction of sp³-hybridized carbons (Fsp3) is 0.476. The summed E-state index contributed by atoms with van der Waals surface area (Å²) >= 11 is 0. The van der Waals surface area contributed by atoms with Gasteiger partial charge in [0.1, 0.15) is 6.54 Å². The molecule has 3 rings (SSSR count). The smallest absolute Gasteiger partial charge is 0.241 e. The highest BCUT2D eigenvalue weighted by atomic mass is 16.3. The molecule has 1 aromatic carbocycles. The van der Waals surface area contributed by atoms with Gasteiger partial charge in [-0.2, -0.15) is 5.10 Å². The number of aliphatic hydroxyl groups excluding tert-OH is 1. The number of nitrogens with one attached hydrogen (secondary N) is 2. The number of aromatic nitrogens is 2. The van der Waals surface area contributed by atoms with Crippen molar-refractivity contribution in [2.24, 2.45) is 0 Å². The molecular weight excluding hydrogens is 356 g/mol. The van der Waals surface area contributed by atoms with Crippen LogP contribution in [0.3, 0.4) is 0 Å². The average molecular weight is 384 g/mol. The lowest BCUT2D eigenvalue weighted by molar-refractivity contribution is -0.122. The summed E-state index contributed by atoms with van der Waals surface area (Å²) in [5.74, 6) is -0.231. The van der Waals surface area contributed by atoms with Crippen molar-refractivity contribution in [3.05, 3.63) is 54.4 Å². The van der Waals surface area contributed by atoms with Gasteiger partial charge in [0, 0.05) is 31.3 Å². The molecule has 0 saturated heterocycles. The van der Waals surface area contributed by atoms with Crippen molar-refractivity contribution in [1.29, 1.82) is 0 Å². The maximum Gasteiger partial charge on any atom is 0.241 e. The molecule has 7 heteroatoms. The Kier molecular flexibility index (Phi) is 6.46. The highest BCUT2D eigenvalue weighted by molar-refractivity contribution is 5.75. The molecule has 1 aromatic heterocycles. The van der Waals surface area contributed by atoms with Crippen LogP contribution in [0, 0.1) is 0 Å². The second kappa shape index (κ2) is 9.01. The molecule has 2 aromatic rings. The molecule has 28 heavy (non-hydrogen) atoms. The third kappa shape index (κ3) is 4.98. The van der Waals surface area contributed by atoms with Gasteiger partial charge in [-0.3, -0.25) is 14.3 Å². The van der Waals surface area contributed by atoms with Crippen LogP contribution < -0.4 is 10.6 Å². The zero-order valence-electron chi connectivity index (χ0n) is 16.2. The second-order valence-corrected chi connectivity index (χ2v) is 7.58. The van der Waals surface area contributed by atoms with E-state index in [1.807, 2.05) is 18.2 Å². The van der Waals surface area contributed by atoms with Crippen LogP contribution >= 0.6 is 0 Å². The summed E-state index contributed by atoms with van der Waals surface area (Å²) < 4.78 is 1.59. The van der Waals surface area contributed by atoms with Crippen molar-refractivity contribution in [3.63, 3.8) is 0 Å². The number of hydrogen-bond acceptors (Lipinski definition) is 4. The molecule has 150 valence electrons. The van der Waals surface area contributed by atoms with Gasteiger partial charge >= 0.3 is 0 Å². The number of aliphatic hydroxyl groups is 1. The van der Waals surface area contributed by atoms with Crippen LogP contribution in [-0.2, 0) is 21.5 Å². The van der Waals surface area contributed by atoms with Crippen molar-refractivity contribution in [3.8, 4) is 0 Å². The molecule has 7 nitrogen and oxygen atoms in total. The Balaban J connectivity index is 1.75. The molecule has 1 heterocycles. The van der Waals surface area contributed by atoms with Gasteiger partial charge in [0.05, 0.1) is 12.1 Å². The Bertz CT molecular complexity index is 778. The first-order valence-electron chi connectivity index (χ1n) is 9.73. The van der Waals surface area contributed by atoms with Gasteiger partial charge in [0.2, 0.25) is 11.8 Å². The Morgan fingerprint density at radius 1 is 1.21 bits per heavy atom. The summed E-state index contributed by atoms with van der Waals surface area (Å²) in [4.78, 5) is 23.9. The standard InChI is InChI=1S/C21H28N4O3/c1-16(26)24-18-8-10-21(11-9-19(18)27,17-6-3-2-4-7-17)15-22-20(28)14-25-13-5-12-23-25/h2-7,12-13,18-19,27H,8-11,14-15H2,1H3,(H,22,28)(H,24,26)/t18-,19-,21-/m0/s1. The fourth-order valence-electron chi connectivity index (χ4n) is 4.03. The van der Waals surface area contributed by atoms with E-state index >= 15 is 0 Å². The van der Waals surface area contributed by atoms with E-state index in [0.29, 0.717) is 19.4 Å². The normalized spacial score (nSPS) is 24.9. The second-order valence-electron chi connectivity index (χ2n) is 7.58. The summed E-state index contributed by atoms with van der Waals surface area (Å²) in [7, 11) is 0. The lowest BCUT2D eigenvalue weighted by atomic mass is 9.74. The summed E-state index contributed by atoms with van der Waals surface area (Å²) in [6, 6.07) is 11.6. The number of nitrogens with zero attached hydrogens (tertiary/aromatic N) is 2. The third-order valence-corrected chi connectivity index (χ3v) is 5.58. The summed E-state index contributed by atoms with van der Waals surface area (Å²) in [6.45, 7) is 2.13. The zero-order chi connectivity index (χ0) is 20.0. The number of carbonyl (C=O) groups is 2. The molecule has 1 aliphatic carbocycles. The van der Waals surface area contributed by atoms with E-state index in [1.54, 1.807) is 23.1 Å². The molecule has 0 bridgehead atoms. The molecule has 3 N–H and O–H groups in total. The van der Waals surface area contributed by atoms with E-state index in [0.717, 1.165) is 18.4 Å². The van der Waals surface area contributed by atoms with Gasteiger partial charge in [-0.1, -0.05) is 30.3 Å². The minimum atomic E-state index is -0.589. The van der Waals surface area contributed by atoms with Crippen LogP contribution in [0.4, 0.5) is 0 Å². The monoisotopic (exact) mass is 384 g/mol. The van der Waals surface area contributed by atoms with Crippen molar-refractivity contribution in [2.45, 2.75) is 56.7 Å². The molecule has 1 fully saturated rings. The minimum absolute atomic E-state index is 0.0952. The average Bonchev–Trinajstić information content (AvgIpc) is 3.14. The lowest BCUT2D eigenvalue weighted by Crippen LogP contribution is -2.42. The molecule has 0 spiro atoms. The summed E-state index contributed by atoms with van der Waals surface area (Å²) in [6.07, 6.45) is 5.53. The topological polar surface area (TPSA) is 96.3 Å². The number of benzene rings is 1. The molecule has 0 radical (unpaired) electrons. The van der Waals surface area contributed by atoms with Crippen LogP contribution in [0.25, 0.3) is 0 Å². The molecule has 1 aliphatic rings. The number of amides is 2. The van der Waals surface area contributed by atoms with Crippen LogP contribution in [0.5, 0.6) is 0 Å². The Morgan fingerprint density at radius 2 is 1.96 bits per heavy atom. The van der Waals surface area contributed by atoms with E-state index in [4.69, 9.17) is 0 Å². The van der Waals surface area contributed by atoms with Crippen LogP contribution in [0.1, 0.15) is 38.2 Å². The molecule has 0 aliphatic heterocycles. The lowest BCUT2D eigenvalue weighted by Gasteiger charge is -2.34. The number of hydrogen-bond donors (Lipinski definition) is 3. The van der Waals surface area contributed by atoms with Gasteiger partial charge in [-0.25, -0.2) is 0 Å². The summed E-state index contributed by atoms with van der Waals surface area (Å²) in [5, 5.41) is 20.5. The Labute approximate surface area is 165 Å². The predicted molar refractivity (Wildman–Crippen MR) is 105 cm³/mol. The van der Waals surface area contributed by atoms with E-state index in [1.165, 1.54) is 6.92 Å². The number of rotatable bonds is 6. The first-order chi connectivity index (χ1) is 13.5. The van der Waals surface area contributed by atoms with Gasteiger partial charge in [-0.15, -0.1) is 0 Å². The maximum atomic E-state index is 12.4. The van der Waals surface area contributed by atoms with Crippen LogP contribution in [0.15, 0.2) is 48.8 Å². The van der Waals surface area contributed by atoms with Gasteiger partial charge in [0.25, 0.3) is 0 Å².